The van der Waals surface area contributed by atoms with Gasteiger partial charge in [0, 0.05) is 0 Å². The summed E-state index contributed by atoms with van der Waals surface area (Å²) in [4.78, 5) is 11.1. The quantitative estimate of drug-likeness (QED) is 0.831. The summed E-state index contributed by atoms with van der Waals surface area (Å²) in [5, 5.41) is 9.85. The van der Waals surface area contributed by atoms with Crippen molar-refractivity contribution in [1.82, 2.24) is 0 Å². The number of hydrogen-bond donors (Lipinski definition) is 1. The number of rotatable bonds is 4. The van der Waals surface area contributed by atoms with Gasteiger partial charge in [-0.1, -0.05) is 0 Å². The van der Waals surface area contributed by atoms with E-state index in [4.69, 9.17) is 4.74 Å². The highest BCUT2D eigenvalue weighted by Gasteiger charge is 2.16. The maximum atomic E-state index is 11.1. The highest BCUT2D eigenvalue weighted by atomic mass is 79.9. The van der Waals surface area contributed by atoms with Gasteiger partial charge in [0.1, 0.15) is 5.75 Å². The van der Waals surface area contributed by atoms with Crippen LogP contribution in [0, 0.1) is 0 Å². The topological polar surface area (TPSA) is 55.8 Å². The van der Waals surface area contributed by atoms with Crippen LogP contribution in [0.1, 0.15) is 18.1 Å². The molecule has 0 fully saturated rings. The van der Waals surface area contributed by atoms with E-state index in [2.05, 4.69) is 36.6 Å². The van der Waals surface area contributed by atoms with Crippen LogP contribution >= 0.6 is 31.9 Å². The van der Waals surface area contributed by atoms with E-state index in [0.717, 1.165) is 0 Å². The van der Waals surface area contributed by atoms with E-state index < -0.39 is 12.1 Å². The molecule has 1 N–H and O–H groups in total. The lowest BCUT2D eigenvalue weighted by Crippen LogP contribution is -2.08. The number of benzene rings is 1. The third-order valence-corrected chi connectivity index (χ3v) is 3.38. The van der Waals surface area contributed by atoms with Gasteiger partial charge in [-0.25, -0.2) is 0 Å². The molecule has 1 rings (SSSR count). The van der Waals surface area contributed by atoms with Gasteiger partial charge in [-0.05, 0) is 49.6 Å². The Morgan fingerprint density at radius 3 is 2.29 bits per heavy atom. The Balaban J connectivity index is 2.96. The van der Waals surface area contributed by atoms with Crippen LogP contribution in [-0.2, 0) is 9.53 Å². The second-order valence-corrected chi connectivity index (χ2v) is 5.02. The smallest absolute Gasteiger partial charge is 0.308 e. The Morgan fingerprint density at radius 2 is 1.88 bits per heavy atom. The fraction of sp³-hybridized carbons (Fsp3) is 0.364. The number of carbonyl (C=O) groups excluding carboxylic acids is 1. The number of carbonyl (C=O) groups is 1. The molecular formula is C11H12Br2O4. The SMILES string of the molecule is COC(=O)CC(O)c1cc(Br)c(OC)c(Br)c1. The number of methoxy groups -OCH3 is 2. The highest BCUT2D eigenvalue weighted by Crippen LogP contribution is 2.36. The normalized spacial score (nSPS) is 12.1. The molecule has 0 aliphatic carbocycles. The monoisotopic (exact) mass is 366 g/mol. The third-order valence-electron chi connectivity index (χ3n) is 2.20. The third kappa shape index (κ3) is 3.69. The second-order valence-electron chi connectivity index (χ2n) is 3.31. The fourth-order valence-electron chi connectivity index (χ4n) is 1.33. The molecule has 0 aliphatic rings. The summed E-state index contributed by atoms with van der Waals surface area (Å²) in [6.07, 6.45) is -0.984. The Bertz CT molecular complexity index is 397. The Kier molecular flexibility index (Phi) is 5.42. The summed E-state index contributed by atoms with van der Waals surface area (Å²) in [6.45, 7) is 0. The molecule has 94 valence electrons. The van der Waals surface area contributed by atoms with Crippen molar-refractivity contribution < 1.29 is 19.4 Å². The summed E-state index contributed by atoms with van der Waals surface area (Å²) >= 11 is 6.65. The number of ether oxygens (including phenoxy) is 2. The predicted molar refractivity (Wildman–Crippen MR) is 70.0 cm³/mol. The molecule has 1 atom stereocenters. The average molecular weight is 368 g/mol. The molecule has 0 spiro atoms. The molecule has 0 bridgehead atoms. The van der Waals surface area contributed by atoms with E-state index in [-0.39, 0.29) is 6.42 Å². The van der Waals surface area contributed by atoms with Crippen LogP contribution in [-0.4, -0.2) is 25.3 Å². The lowest BCUT2D eigenvalue weighted by Gasteiger charge is -2.13. The van der Waals surface area contributed by atoms with Gasteiger partial charge < -0.3 is 14.6 Å². The molecule has 1 aromatic rings. The van der Waals surface area contributed by atoms with Crippen LogP contribution in [0.25, 0.3) is 0 Å². The van der Waals surface area contributed by atoms with Gasteiger partial charge >= 0.3 is 5.97 Å². The summed E-state index contributed by atoms with van der Waals surface area (Å²) in [7, 11) is 2.84. The highest BCUT2D eigenvalue weighted by molar-refractivity contribution is 9.11. The number of hydrogen-bond acceptors (Lipinski definition) is 4. The molecule has 4 nitrogen and oxygen atoms in total. The first-order valence-corrected chi connectivity index (χ1v) is 6.36. The molecule has 1 aromatic carbocycles. The summed E-state index contributed by atoms with van der Waals surface area (Å²) in [5.41, 5.74) is 0.606. The maximum absolute atomic E-state index is 11.1. The van der Waals surface area contributed by atoms with Gasteiger partial charge in [-0.2, -0.15) is 0 Å². The molecule has 0 saturated heterocycles. The minimum absolute atomic E-state index is 0.0816. The molecule has 6 heteroatoms. The Hall–Kier alpha value is -0.590. The molecule has 0 aliphatic heterocycles. The van der Waals surface area contributed by atoms with Crippen LogP contribution < -0.4 is 4.74 Å². The van der Waals surface area contributed by atoms with Crippen LogP contribution in [0.2, 0.25) is 0 Å². The van der Waals surface area contributed by atoms with Crippen LogP contribution in [0.4, 0.5) is 0 Å². The van der Waals surface area contributed by atoms with Gasteiger partial charge in [0.2, 0.25) is 0 Å². The Morgan fingerprint density at radius 1 is 1.35 bits per heavy atom. The molecule has 1 unspecified atom stereocenters. The summed E-state index contributed by atoms with van der Waals surface area (Å²) in [5.74, 6) is 0.180. The number of halogens is 2. The minimum Gasteiger partial charge on any atom is -0.494 e. The zero-order valence-corrected chi connectivity index (χ0v) is 12.5. The second kappa shape index (κ2) is 6.37. The molecule has 17 heavy (non-hydrogen) atoms. The van der Waals surface area contributed by atoms with E-state index >= 15 is 0 Å². The molecule has 0 amide bonds. The molecule has 0 aromatic heterocycles. The molecule has 0 heterocycles. The average Bonchev–Trinajstić information content (AvgIpc) is 2.28. The van der Waals surface area contributed by atoms with E-state index in [0.29, 0.717) is 20.3 Å². The lowest BCUT2D eigenvalue weighted by molar-refractivity contribution is -0.142. The largest absolute Gasteiger partial charge is 0.494 e. The Labute approximate surface area is 116 Å². The van der Waals surface area contributed by atoms with Crippen LogP contribution in [0.5, 0.6) is 5.75 Å². The predicted octanol–water partition coefficient (Wildman–Crippen LogP) is 2.82. The van der Waals surface area contributed by atoms with Crippen molar-refractivity contribution in [3.63, 3.8) is 0 Å². The van der Waals surface area contributed by atoms with Gasteiger partial charge in [0.15, 0.2) is 0 Å². The number of aliphatic hydroxyl groups is 1. The first-order valence-electron chi connectivity index (χ1n) is 4.77. The van der Waals surface area contributed by atoms with E-state index in [1.807, 2.05) is 0 Å². The van der Waals surface area contributed by atoms with Crippen molar-refractivity contribution in [2.45, 2.75) is 12.5 Å². The van der Waals surface area contributed by atoms with Gasteiger partial charge in [-0.15, -0.1) is 0 Å². The molecular weight excluding hydrogens is 356 g/mol. The summed E-state index contributed by atoms with van der Waals surface area (Å²) < 4.78 is 11.1. The lowest BCUT2D eigenvalue weighted by atomic mass is 10.1. The van der Waals surface area contributed by atoms with Crippen molar-refractivity contribution in [2.75, 3.05) is 14.2 Å². The van der Waals surface area contributed by atoms with Crippen LogP contribution in [0.3, 0.4) is 0 Å². The molecule has 0 radical (unpaired) electrons. The minimum atomic E-state index is -0.902. The van der Waals surface area contributed by atoms with Crippen molar-refractivity contribution >= 4 is 37.8 Å². The van der Waals surface area contributed by atoms with Gasteiger partial charge in [-0.3, -0.25) is 4.79 Å². The standard InChI is InChI=1S/C11H12Br2O4/c1-16-10(15)5-9(14)6-3-7(12)11(17-2)8(13)4-6/h3-4,9,14H,5H2,1-2H3. The van der Waals surface area contributed by atoms with Crippen molar-refractivity contribution in [3.8, 4) is 5.75 Å². The van der Waals surface area contributed by atoms with Crippen LogP contribution in [0.15, 0.2) is 21.1 Å². The van der Waals surface area contributed by atoms with Gasteiger partial charge in [0.05, 0.1) is 35.7 Å². The number of aliphatic hydroxyl groups excluding tert-OH is 1. The van der Waals surface area contributed by atoms with E-state index in [1.165, 1.54) is 7.11 Å². The van der Waals surface area contributed by atoms with Crippen molar-refractivity contribution in [3.05, 3.63) is 26.6 Å². The molecule has 0 saturated carbocycles. The van der Waals surface area contributed by atoms with Crippen molar-refractivity contribution in [1.29, 1.82) is 0 Å². The van der Waals surface area contributed by atoms with E-state index in [1.54, 1.807) is 19.2 Å². The zero-order chi connectivity index (χ0) is 13.0. The van der Waals surface area contributed by atoms with Crippen molar-refractivity contribution in [2.24, 2.45) is 0 Å². The maximum Gasteiger partial charge on any atom is 0.308 e. The fourth-order valence-corrected chi connectivity index (χ4v) is 2.87. The first-order chi connectivity index (χ1) is 7.99. The van der Waals surface area contributed by atoms with Gasteiger partial charge in [0.25, 0.3) is 0 Å². The summed E-state index contributed by atoms with van der Waals surface area (Å²) in [6, 6.07) is 3.41. The number of esters is 1. The van der Waals surface area contributed by atoms with E-state index in [9.17, 15) is 9.90 Å². The first kappa shape index (κ1) is 14.5. The zero-order valence-electron chi connectivity index (χ0n) is 9.37.